The maximum Gasteiger partial charge on any atom is 0.313 e. The second kappa shape index (κ2) is 5.95. The van der Waals surface area contributed by atoms with Crippen LogP contribution < -0.4 is 10.6 Å². The third-order valence-corrected chi connectivity index (χ3v) is 1.88. The Kier molecular flexibility index (Phi) is 4.34. The first-order valence-electron chi connectivity index (χ1n) is 4.76. The predicted octanol–water partition coefficient (Wildman–Crippen LogP) is 0.173. The minimum Gasteiger partial charge on any atom is -0.335 e. The summed E-state index contributed by atoms with van der Waals surface area (Å²) in [6.45, 7) is -0.316. The van der Waals surface area contributed by atoms with Crippen LogP contribution in [0.4, 0.5) is 11.4 Å². The van der Waals surface area contributed by atoms with Crippen LogP contribution in [0.3, 0.4) is 0 Å². The van der Waals surface area contributed by atoms with Gasteiger partial charge in [0.25, 0.3) is 5.69 Å². The van der Waals surface area contributed by atoms with Gasteiger partial charge in [0.05, 0.1) is 11.0 Å². The standard InChI is InChI=1S/C10H8N4O4/c11-5-6-12-9(15)10(16)13-7-3-1-2-4-8(7)14(17)18/h1-4H,6H2,(H,12,15)(H,13,16). The van der Waals surface area contributed by atoms with E-state index in [9.17, 15) is 19.7 Å². The fraction of sp³-hybridized carbons (Fsp3) is 0.100. The number of nitro groups is 1. The average molecular weight is 248 g/mol. The number of rotatable bonds is 3. The van der Waals surface area contributed by atoms with Crippen LogP contribution in [0.5, 0.6) is 0 Å². The van der Waals surface area contributed by atoms with Crippen LogP contribution >= 0.6 is 0 Å². The van der Waals surface area contributed by atoms with Crippen LogP contribution in [0.15, 0.2) is 24.3 Å². The Balaban J connectivity index is 2.79. The lowest BCUT2D eigenvalue weighted by Gasteiger charge is -2.04. The molecular weight excluding hydrogens is 240 g/mol. The van der Waals surface area contributed by atoms with Crippen molar-refractivity contribution in [2.75, 3.05) is 11.9 Å². The lowest BCUT2D eigenvalue weighted by atomic mass is 10.2. The molecule has 18 heavy (non-hydrogen) atoms. The second-order valence-electron chi connectivity index (χ2n) is 3.07. The van der Waals surface area contributed by atoms with E-state index in [1.807, 2.05) is 5.32 Å². The predicted molar refractivity (Wildman–Crippen MR) is 60.3 cm³/mol. The third kappa shape index (κ3) is 3.28. The van der Waals surface area contributed by atoms with Crippen molar-refractivity contribution in [1.82, 2.24) is 5.32 Å². The summed E-state index contributed by atoms with van der Waals surface area (Å²) in [5.41, 5.74) is -0.404. The summed E-state index contributed by atoms with van der Waals surface area (Å²) in [6.07, 6.45) is 0. The SMILES string of the molecule is N#CCNC(=O)C(=O)Nc1ccccc1[N+](=O)[O-]. The van der Waals surface area contributed by atoms with Gasteiger partial charge in [-0.25, -0.2) is 0 Å². The Hall–Kier alpha value is -2.95. The normalized spacial score (nSPS) is 9.06. The van der Waals surface area contributed by atoms with Gasteiger partial charge >= 0.3 is 11.8 Å². The first kappa shape index (κ1) is 13.1. The number of nitriles is 1. The van der Waals surface area contributed by atoms with Crippen molar-refractivity contribution in [3.63, 3.8) is 0 Å². The molecule has 1 aromatic carbocycles. The van der Waals surface area contributed by atoms with Gasteiger partial charge in [0.2, 0.25) is 0 Å². The highest BCUT2D eigenvalue weighted by molar-refractivity contribution is 6.39. The first-order chi connectivity index (χ1) is 8.56. The van der Waals surface area contributed by atoms with Gasteiger partial charge in [-0.15, -0.1) is 0 Å². The summed E-state index contributed by atoms with van der Waals surface area (Å²) in [7, 11) is 0. The Labute approximate surface area is 101 Å². The molecule has 0 atom stereocenters. The van der Waals surface area contributed by atoms with Gasteiger partial charge in [-0.3, -0.25) is 19.7 Å². The van der Waals surface area contributed by atoms with Crippen molar-refractivity contribution in [3.05, 3.63) is 34.4 Å². The highest BCUT2D eigenvalue weighted by Gasteiger charge is 2.18. The van der Waals surface area contributed by atoms with E-state index in [4.69, 9.17) is 5.26 Å². The summed E-state index contributed by atoms with van der Waals surface area (Å²) in [5, 5.41) is 23.0. The van der Waals surface area contributed by atoms with Crippen molar-refractivity contribution >= 4 is 23.2 Å². The van der Waals surface area contributed by atoms with Crippen LogP contribution in [-0.4, -0.2) is 23.3 Å². The molecule has 0 aliphatic carbocycles. The highest BCUT2D eigenvalue weighted by atomic mass is 16.6. The molecule has 0 unspecified atom stereocenters. The minimum atomic E-state index is -1.07. The molecule has 2 amide bonds. The van der Waals surface area contributed by atoms with E-state index in [0.717, 1.165) is 0 Å². The number of anilines is 1. The fourth-order valence-electron chi connectivity index (χ4n) is 1.12. The van der Waals surface area contributed by atoms with Crippen molar-refractivity contribution < 1.29 is 14.5 Å². The van der Waals surface area contributed by atoms with E-state index in [-0.39, 0.29) is 17.9 Å². The molecule has 0 aliphatic rings. The van der Waals surface area contributed by atoms with Crippen LogP contribution in [0.25, 0.3) is 0 Å². The molecule has 0 saturated heterocycles. The van der Waals surface area contributed by atoms with Gasteiger partial charge in [-0.2, -0.15) is 5.26 Å². The molecule has 0 radical (unpaired) electrons. The Morgan fingerprint density at radius 3 is 2.61 bits per heavy atom. The summed E-state index contributed by atoms with van der Waals surface area (Å²) in [5.74, 6) is -2.10. The highest BCUT2D eigenvalue weighted by Crippen LogP contribution is 2.22. The van der Waals surface area contributed by atoms with Gasteiger partial charge in [0, 0.05) is 6.07 Å². The number of nitrogens with zero attached hydrogens (tertiary/aromatic N) is 2. The Morgan fingerprint density at radius 2 is 2.00 bits per heavy atom. The molecule has 1 rings (SSSR count). The third-order valence-electron chi connectivity index (χ3n) is 1.88. The number of amides is 2. The maximum absolute atomic E-state index is 11.3. The lowest BCUT2D eigenvalue weighted by molar-refractivity contribution is -0.383. The van der Waals surface area contributed by atoms with E-state index in [1.54, 1.807) is 6.07 Å². The molecule has 0 aliphatic heterocycles. The van der Waals surface area contributed by atoms with E-state index in [1.165, 1.54) is 24.3 Å². The molecule has 92 valence electrons. The van der Waals surface area contributed by atoms with Crippen LogP contribution in [0.2, 0.25) is 0 Å². The second-order valence-corrected chi connectivity index (χ2v) is 3.07. The molecule has 0 fully saturated rings. The van der Waals surface area contributed by atoms with Crippen LogP contribution in [0.1, 0.15) is 0 Å². The van der Waals surface area contributed by atoms with Crippen LogP contribution in [-0.2, 0) is 9.59 Å². The average Bonchev–Trinajstić information content (AvgIpc) is 2.36. The number of para-hydroxylation sites is 2. The topological polar surface area (TPSA) is 125 Å². The molecule has 0 saturated carbocycles. The number of nitro benzene ring substituents is 1. The van der Waals surface area contributed by atoms with Crippen molar-refractivity contribution in [1.29, 1.82) is 5.26 Å². The zero-order chi connectivity index (χ0) is 13.5. The van der Waals surface area contributed by atoms with E-state index < -0.39 is 16.7 Å². The number of hydrogen-bond acceptors (Lipinski definition) is 5. The van der Waals surface area contributed by atoms with Crippen LogP contribution in [0, 0.1) is 21.4 Å². The summed E-state index contributed by atoms with van der Waals surface area (Å²) < 4.78 is 0. The van der Waals surface area contributed by atoms with Gasteiger partial charge in [-0.05, 0) is 6.07 Å². The molecule has 0 heterocycles. The summed E-state index contributed by atoms with van der Waals surface area (Å²) in [4.78, 5) is 32.5. The number of nitrogens with one attached hydrogen (secondary N) is 2. The summed E-state index contributed by atoms with van der Waals surface area (Å²) >= 11 is 0. The number of carbonyl (C=O) groups is 2. The van der Waals surface area contributed by atoms with Crippen molar-refractivity contribution in [3.8, 4) is 6.07 Å². The molecular formula is C10H8N4O4. The van der Waals surface area contributed by atoms with Crippen molar-refractivity contribution in [2.45, 2.75) is 0 Å². The van der Waals surface area contributed by atoms with E-state index in [0.29, 0.717) is 0 Å². The maximum atomic E-state index is 11.3. The molecule has 2 N–H and O–H groups in total. The number of hydrogen-bond donors (Lipinski definition) is 2. The van der Waals surface area contributed by atoms with Gasteiger partial charge in [0.1, 0.15) is 12.2 Å². The fourth-order valence-corrected chi connectivity index (χ4v) is 1.12. The molecule has 1 aromatic rings. The minimum absolute atomic E-state index is 0.0837. The molecule has 8 heteroatoms. The van der Waals surface area contributed by atoms with Crippen molar-refractivity contribution in [2.24, 2.45) is 0 Å². The molecule has 0 aromatic heterocycles. The van der Waals surface area contributed by atoms with Gasteiger partial charge < -0.3 is 10.6 Å². The number of benzene rings is 1. The molecule has 0 bridgehead atoms. The smallest absolute Gasteiger partial charge is 0.313 e. The zero-order valence-electron chi connectivity index (χ0n) is 9.04. The molecule has 8 nitrogen and oxygen atoms in total. The van der Waals surface area contributed by atoms with Gasteiger partial charge in [-0.1, -0.05) is 12.1 Å². The zero-order valence-corrected chi connectivity index (χ0v) is 9.04. The quantitative estimate of drug-likeness (QED) is 0.341. The number of carbonyl (C=O) groups excluding carboxylic acids is 2. The van der Waals surface area contributed by atoms with Gasteiger partial charge in [0.15, 0.2) is 0 Å². The van der Waals surface area contributed by atoms with E-state index in [2.05, 4.69) is 5.32 Å². The Bertz CT molecular complexity index is 535. The summed E-state index contributed by atoms with van der Waals surface area (Å²) in [6, 6.07) is 7.04. The lowest BCUT2D eigenvalue weighted by Crippen LogP contribution is -2.35. The first-order valence-corrected chi connectivity index (χ1v) is 4.76. The largest absolute Gasteiger partial charge is 0.335 e. The monoisotopic (exact) mass is 248 g/mol. The van der Waals surface area contributed by atoms with E-state index >= 15 is 0 Å². The Morgan fingerprint density at radius 1 is 1.33 bits per heavy atom. The molecule has 0 spiro atoms.